The van der Waals surface area contributed by atoms with E-state index in [1.807, 2.05) is 20.8 Å². The molecule has 1 saturated carbocycles. The van der Waals surface area contributed by atoms with Crippen LogP contribution in [0, 0.1) is 5.92 Å². The molecule has 2 atom stereocenters. The number of rotatable bonds is 4. The summed E-state index contributed by atoms with van der Waals surface area (Å²) in [7, 11) is 0. The molecule has 2 aliphatic rings. The third-order valence-electron chi connectivity index (χ3n) is 4.85. The Morgan fingerprint density at radius 2 is 1.75 bits per heavy atom. The van der Waals surface area contributed by atoms with E-state index in [2.05, 4.69) is 15.5 Å². The lowest BCUT2D eigenvalue weighted by atomic mass is 9.99. The fraction of sp³-hybridized carbons (Fsp3) is 0.889. The molecule has 0 spiro atoms. The Labute approximate surface area is 145 Å². The number of amides is 2. The molecular formula is C18H33N3O3. The van der Waals surface area contributed by atoms with Crippen LogP contribution in [0.5, 0.6) is 0 Å². The van der Waals surface area contributed by atoms with Gasteiger partial charge in [-0.05, 0) is 52.4 Å². The molecule has 0 unspecified atom stereocenters. The van der Waals surface area contributed by atoms with E-state index in [0.29, 0.717) is 12.0 Å². The quantitative estimate of drug-likeness (QED) is 0.824. The Balaban J connectivity index is 1.76. The fourth-order valence-corrected chi connectivity index (χ4v) is 3.78. The maximum atomic E-state index is 12.0. The highest BCUT2D eigenvalue weighted by Gasteiger charge is 2.32. The monoisotopic (exact) mass is 339 g/mol. The van der Waals surface area contributed by atoms with Gasteiger partial charge in [-0.15, -0.1) is 0 Å². The third-order valence-corrected chi connectivity index (χ3v) is 4.85. The third kappa shape index (κ3) is 6.30. The Morgan fingerprint density at radius 1 is 1.08 bits per heavy atom. The van der Waals surface area contributed by atoms with E-state index in [0.717, 1.165) is 51.7 Å². The molecular weight excluding hydrogens is 306 g/mol. The summed E-state index contributed by atoms with van der Waals surface area (Å²) in [5.41, 5.74) is -0.455. The molecule has 1 heterocycles. The highest BCUT2D eigenvalue weighted by atomic mass is 16.6. The number of alkyl carbamates (subject to hydrolysis) is 1. The number of nitrogens with one attached hydrogen (secondary N) is 2. The van der Waals surface area contributed by atoms with E-state index >= 15 is 0 Å². The summed E-state index contributed by atoms with van der Waals surface area (Å²) in [6.07, 6.45) is 5.07. The topological polar surface area (TPSA) is 70.7 Å². The molecule has 0 aromatic rings. The zero-order valence-corrected chi connectivity index (χ0v) is 15.6. The number of hydrogen-bond donors (Lipinski definition) is 2. The van der Waals surface area contributed by atoms with E-state index in [1.165, 1.54) is 0 Å². The van der Waals surface area contributed by atoms with Crippen LogP contribution in [-0.4, -0.2) is 54.2 Å². The van der Waals surface area contributed by atoms with Gasteiger partial charge in [-0.3, -0.25) is 4.79 Å². The zero-order valence-electron chi connectivity index (χ0n) is 15.6. The van der Waals surface area contributed by atoms with Crippen LogP contribution in [0.2, 0.25) is 0 Å². The van der Waals surface area contributed by atoms with Crippen LogP contribution >= 0.6 is 0 Å². The zero-order chi connectivity index (χ0) is 17.7. The van der Waals surface area contributed by atoms with Crippen LogP contribution in [0.25, 0.3) is 0 Å². The second-order valence-electron chi connectivity index (χ2n) is 8.22. The van der Waals surface area contributed by atoms with Crippen molar-refractivity contribution in [3.8, 4) is 0 Å². The standard InChI is InChI=1S/C18H33N3O3/c1-13(22)19-15-8-10-21(11-9-15)12-14-6-5-7-16(14)20-17(23)24-18(2,3)4/h14-16H,5-12H2,1-4H3,(H,19,22)(H,20,23)/t14-,16-/m0/s1. The lowest BCUT2D eigenvalue weighted by Gasteiger charge is -2.35. The van der Waals surface area contributed by atoms with Crippen molar-refractivity contribution < 1.29 is 14.3 Å². The van der Waals surface area contributed by atoms with Crippen LogP contribution in [0.3, 0.4) is 0 Å². The molecule has 6 nitrogen and oxygen atoms in total. The van der Waals surface area contributed by atoms with Crippen LogP contribution in [-0.2, 0) is 9.53 Å². The Hall–Kier alpha value is -1.30. The van der Waals surface area contributed by atoms with Crippen molar-refractivity contribution in [3.63, 3.8) is 0 Å². The van der Waals surface area contributed by atoms with Crippen molar-refractivity contribution >= 4 is 12.0 Å². The smallest absolute Gasteiger partial charge is 0.407 e. The van der Waals surface area contributed by atoms with Gasteiger partial charge in [0, 0.05) is 38.6 Å². The number of ether oxygens (including phenoxy) is 1. The first kappa shape index (κ1) is 19.0. The second kappa shape index (κ2) is 8.19. The lowest BCUT2D eigenvalue weighted by molar-refractivity contribution is -0.119. The largest absolute Gasteiger partial charge is 0.444 e. The summed E-state index contributed by atoms with van der Waals surface area (Å²) >= 11 is 0. The number of likely N-dealkylation sites (tertiary alicyclic amines) is 1. The molecule has 1 aliphatic carbocycles. The summed E-state index contributed by atoms with van der Waals surface area (Å²) in [6, 6.07) is 0.533. The van der Waals surface area contributed by atoms with Gasteiger partial charge in [-0.1, -0.05) is 6.42 Å². The first-order chi connectivity index (χ1) is 11.2. The predicted molar refractivity (Wildman–Crippen MR) is 93.8 cm³/mol. The Morgan fingerprint density at radius 3 is 2.33 bits per heavy atom. The van der Waals surface area contributed by atoms with Crippen molar-refractivity contribution in [2.24, 2.45) is 5.92 Å². The molecule has 2 fully saturated rings. The minimum atomic E-state index is -0.455. The fourth-order valence-electron chi connectivity index (χ4n) is 3.78. The maximum absolute atomic E-state index is 12.0. The lowest BCUT2D eigenvalue weighted by Crippen LogP contribution is -2.48. The number of piperidine rings is 1. The average molecular weight is 339 g/mol. The summed E-state index contributed by atoms with van der Waals surface area (Å²) in [5, 5.41) is 6.08. The van der Waals surface area contributed by atoms with Gasteiger partial charge in [0.1, 0.15) is 5.60 Å². The van der Waals surface area contributed by atoms with Crippen molar-refractivity contribution in [1.29, 1.82) is 0 Å². The summed E-state index contributed by atoms with van der Waals surface area (Å²) in [6.45, 7) is 10.3. The van der Waals surface area contributed by atoms with Gasteiger partial charge in [-0.2, -0.15) is 0 Å². The van der Waals surface area contributed by atoms with Gasteiger partial charge >= 0.3 is 6.09 Å². The van der Waals surface area contributed by atoms with Gasteiger partial charge in [-0.25, -0.2) is 4.79 Å². The van der Waals surface area contributed by atoms with Gasteiger partial charge < -0.3 is 20.3 Å². The molecule has 0 radical (unpaired) electrons. The number of carbonyl (C=O) groups is 2. The number of nitrogens with zero attached hydrogens (tertiary/aromatic N) is 1. The highest BCUT2D eigenvalue weighted by molar-refractivity contribution is 5.73. The average Bonchev–Trinajstić information content (AvgIpc) is 2.85. The van der Waals surface area contributed by atoms with Crippen LogP contribution < -0.4 is 10.6 Å². The van der Waals surface area contributed by atoms with E-state index < -0.39 is 5.60 Å². The molecule has 1 aliphatic heterocycles. The van der Waals surface area contributed by atoms with E-state index in [-0.39, 0.29) is 18.0 Å². The second-order valence-corrected chi connectivity index (χ2v) is 8.22. The highest BCUT2D eigenvalue weighted by Crippen LogP contribution is 2.28. The van der Waals surface area contributed by atoms with Gasteiger partial charge in [0.05, 0.1) is 0 Å². The van der Waals surface area contributed by atoms with Crippen molar-refractivity contribution in [2.75, 3.05) is 19.6 Å². The predicted octanol–water partition coefficient (Wildman–Crippen LogP) is 2.28. The Bertz CT molecular complexity index is 439. The molecule has 24 heavy (non-hydrogen) atoms. The number of hydrogen-bond acceptors (Lipinski definition) is 4. The number of carbonyl (C=O) groups excluding carboxylic acids is 2. The molecule has 2 rings (SSSR count). The Kier molecular flexibility index (Phi) is 6.49. The molecule has 0 aromatic heterocycles. The molecule has 0 bridgehead atoms. The molecule has 1 saturated heterocycles. The van der Waals surface area contributed by atoms with Crippen LogP contribution in [0.15, 0.2) is 0 Å². The first-order valence-electron chi connectivity index (χ1n) is 9.22. The summed E-state index contributed by atoms with van der Waals surface area (Å²) in [4.78, 5) is 25.6. The molecule has 0 aromatic carbocycles. The van der Waals surface area contributed by atoms with Crippen LogP contribution in [0.4, 0.5) is 4.79 Å². The first-order valence-corrected chi connectivity index (χ1v) is 9.22. The van der Waals surface area contributed by atoms with Gasteiger partial charge in [0.15, 0.2) is 0 Å². The summed E-state index contributed by atoms with van der Waals surface area (Å²) in [5.74, 6) is 0.556. The van der Waals surface area contributed by atoms with E-state index in [1.54, 1.807) is 6.92 Å². The SMILES string of the molecule is CC(=O)NC1CCN(C[C@@H]2CCC[C@@H]2NC(=O)OC(C)(C)C)CC1. The van der Waals surface area contributed by atoms with Crippen molar-refractivity contribution in [2.45, 2.75) is 77.5 Å². The normalized spacial score (nSPS) is 26.2. The molecule has 6 heteroatoms. The van der Waals surface area contributed by atoms with Gasteiger partial charge in [0.2, 0.25) is 5.91 Å². The van der Waals surface area contributed by atoms with Crippen molar-refractivity contribution in [1.82, 2.24) is 15.5 Å². The summed E-state index contributed by atoms with van der Waals surface area (Å²) < 4.78 is 5.39. The molecule has 2 N–H and O–H groups in total. The van der Waals surface area contributed by atoms with E-state index in [9.17, 15) is 9.59 Å². The molecule has 2 amide bonds. The minimum Gasteiger partial charge on any atom is -0.444 e. The van der Waals surface area contributed by atoms with E-state index in [4.69, 9.17) is 4.74 Å². The van der Waals surface area contributed by atoms with Crippen LogP contribution in [0.1, 0.15) is 59.8 Å². The molecule has 138 valence electrons. The minimum absolute atomic E-state index is 0.0610. The van der Waals surface area contributed by atoms with Gasteiger partial charge in [0.25, 0.3) is 0 Å². The van der Waals surface area contributed by atoms with Crippen molar-refractivity contribution in [3.05, 3.63) is 0 Å². The maximum Gasteiger partial charge on any atom is 0.407 e.